The first-order valence-corrected chi connectivity index (χ1v) is 7.89. The molecule has 0 amide bonds. The lowest BCUT2D eigenvalue weighted by Crippen LogP contribution is -2.66. The van der Waals surface area contributed by atoms with Gasteiger partial charge in [-0.05, 0) is 6.92 Å². The summed E-state index contributed by atoms with van der Waals surface area (Å²) in [6.45, 7) is 18.0. The fraction of sp³-hybridized carbons (Fsp3) is 0.750. The molecule has 1 aromatic rings. The average Bonchev–Trinajstić information content (AvgIpc) is 2.43. The average molecular weight is 281 g/mol. The Labute approximate surface area is 124 Å². The number of hydrogen-bond donors (Lipinski definition) is 0. The van der Waals surface area contributed by atoms with Crippen LogP contribution >= 0.6 is 0 Å². The predicted octanol–water partition coefficient (Wildman–Crippen LogP) is 3.70. The molecule has 3 rings (SSSR count). The van der Waals surface area contributed by atoms with Crippen LogP contribution in [0.15, 0.2) is 12.4 Å². The molecular formula is C16H31N3O. The van der Waals surface area contributed by atoms with Gasteiger partial charge in [0.2, 0.25) is 0 Å². The molecule has 1 aromatic heterocycles. The van der Waals surface area contributed by atoms with Gasteiger partial charge in [0.05, 0.1) is 18.6 Å². The molecule has 0 bridgehead atoms. The van der Waals surface area contributed by atoms with Crippen LogP contribution in [0.25, 0.3) is 0 Å². The molecule has 0 aliphatic carbocycles. The van der Waals surface area contributed by atoms with Gasteiger partial charge in [0, 0.05) is 24.8 Å². The SMILES string of the molecule is CC.CC.CC.Cc1cc(N2CC3(COC3)C2)ncn1. The lowest BCUT2D eigenvalue weighted by Gasteiger charge is -2.55. The third-order valence-electron chi connectivity index (χ3n) is 2.98. The van der Waals surface area contributed by atoms with Crippen LogP contribution in [0.1, 0.15) is 47.2 Å². The van der Waals surface area contributed by atoms with E-state index in [1.165, 1.54) is 0 Å². The predicted molar refractivity (Wildman–Crippen MR) is 86.3 cm³/mol. The second kappa shape index (κ2) is 9.70. The molecule has 2 saturated heterocycles. The highest BCUT2D eigenvalue weighted by molar-refractivity contribution is 5.43. The topological polar surface area (TPSA) is 38.2 Å². The van der Waals surface area contributed by atoms with E-state index in [2.05, 4.69) is 14.9 Å². The van der Waals surface area contributed by atoms with E-state index in [0.29, 0.717) is 5.41 Å². The van der Waals surface area contributed by atoms with Gasteiger partial charge in [0.25, 0.3) is 0 Å². The first kappa shape index (κ1) is 18.8. The van der Waals surface area contributed by atoms with Crippen molar-refractivity contribution in [3.8, 4) is 0 Å². The summed E-state index contributed by atoms with van der Waals surface area (Å²) >= 11 is 0. The fourth-order valence-electron chi connectivity index (χ4n) is 2.11. The number of anilines is 1. The van der Waals surface area contributed by atoms with Gasteiger partial charge in [0.15, 0.2) is 0 Å². The summed E-state index contributed by atoms with van der Waals surface area (Å²) in [5.41, 5.74) is 1.49. The van der Waals surface area contributed by atoms with E-state index in [-0.39, 0.29) is 0 Å². The van der Waals surface area contributed by atoms with Gasteiger partial charge in [-0.25, -0.2) is 9.97 Å². The van der Waals surface area contributed by atoms with E-state index in [9.17, 15) is 0 Å². The third kappa shape index (κ3) is 4.44. The molecule has 20 heavy (non-hydrogen) atoms. The van der Waals surface area contributed by atoms with E-state index in [4.69, 9.17) is 4.74 Å². The van der Waals surface area contributed by atoms with Crippen molar-refractivity contribution in [3.05, 3.63) is 18.1 Å². The highest BCUT2D eigenvalue weighted by Crippen LogP contribution is 2.39. The summed E-state index contributed by atoms with van der Waals surface area (Å²) in [6.07, 6.45) is 1.63. The number of aromatic nitrogens is 2. The zero-order valence-corrected chi connectivity index (χ0v) is 14.2. The first-order chi connectivity index (χ1) is 9.77. The van der Waals surface area contributed by atoms with E-state index in [1.54, 1.807) is 6.33 Å². The normalized spacial score (nSPS) is 17.1. The lowest BCUT2D eigenvalue weighted by molar-refractivity contribution is -0.127. The molecule has 0 atom stereocenters. The van der Waals surface area contributed by atoms with Crippen LogP contribution in [-0.2, 0) is 4.74 Å². The monoisotopic (exact) mass is 281 g/mol. The van der Waals surface area contributed by atoms with Gasteiger partial charge in [0.1, 0.15) is 12.1 Å². The maximum Gasteiger partial charge on any atom is 0.132 e. The van der Waals surface area contributed by atoms with Crippen molar-refractivity contribution >= 4 is 5.82 Å². The second-order valence-electron chi connectivity index (χ2n) is 4.37. The number of hydrogen-bond acceptors (Lipinski definition) is 4. The molecule has 4 nitrogen and oxygen atoms in total. The van der Waals surface area contributed by atoms with E-state index in [1.807, 2.05) is 54.5 Å². The van der Waals surface area contributed by atoms with Crippen LogP contribution < -0.4 is 4.90 Å². The Balaban J connectivity index is 0.000000538. The zero-order chi connectivity index (χ0) is 15.6. The minimum Gasteiger partial charge on any atom is -0.380 e. The minimum atomic E-state index is 0.457. The Morgan fingerprint density at radius 1 is 1.00 bits per heavy atom. The van der Waals surface area contributed by atoms with E-state index in [0.717, 1.165) is 37.8 Å². The molecular weight excluding hydrogens is 250 g/mol. The smallest absolute Gasteiger partial charge is 0.132 e. The van der Waals surface area contributed by atoms with Gasteiger partial charge < -0.3 is 9.64 Å². The summed E-state index contributed by atoms with van der Waals surface area (Å²) in [4.78, 5) is 10.6. The number of aryl methyl sites for hydroxylation is 1. The number of rotatable bonds is 1. The van der Waals surface area contributed by atoms with E-state index < -0.39 is 0 Å². The van der Waals surface area contributed by atoms with Crippen molar-refractivity contribution < 1.29 is 4.74 Å². The van der Waals surface area contributed by atoms with Crippen molar-refractivity contribution in [1.82, 2.24) is 9.97 Å². The molecule has 2 aliphatic rings. The van der Waals surface area contributed by atoms with Crippen LogP contribution in [-0.4, -0.2) is 36.3 Å². The molecule has 116 valence electrons. The van der Waals surface area contributed by atoms with Crippen molar-refractivity contribution in [2.75, 3.05) is 31.2 Å². The van der Waals surface area contributed by atoms with Crippen LogP contribution in [0.5, 0.6) is 0 Å². The summed E-state index contributed by atoms with van der Waals surface area (Å²) in [7, 11) is 0. The van der Waals surface area contributed by atoms with Crippen LogP contribution in [0.4, 0.5) is 5.82 Å². The van der Waals surface area contributed by atoms with Crippen LogP contribution in [0.2, 0.25) is 0 Å². The maximum atomic E-state index is 5.23. The van der Waals surface area contributed by atoms with Crippen molar-refractivity contribution in [3.63, 3.8) is 0 Å². The van der Waals surface area contributed by atoms with Gasteiger partial charge in [-0.1, -0.05) is 41.5 Å². The quantitative estimate of drug-likeness (QED) is 0.786. The van der Waals surface area contributed by atoms with Crippen molar-refractivity contribution in [1.29, 1.82) is 0 Å². The molecule has 2 aliphatic heterocycles. The summed E-state index contributed by atoms with van der Waals surface area (Å²) in [6, 6.07) is 2.03. The van der Waals surface area contributed by atoms with Crippen LogP contribution in [0, 0.1) is 12.3 Å². The molecule has 0 aromatic carbocycles. The Bertz CT molecular complexity index is 356. The minimum absolute atomic E-state index is 0.457. The first-order valence-electron chi connectivity index (χ1n) is 7.89. The third-order valence-corrected chi connectivity index (χ3v) is 2.98. The van der Waals surface area contributed by atoms with Crippen LogP contribution in [0.3, 0.4) is 0 Å². The number of nitrogens with zero attached hydrogens (tertiary/aromatic N) is 3. The fourth-order valence-corrected chi connectivity index (χ4v) is 2.11. The molecule has 0 saturated carbocycles. The highest BCUT2D eigenvalue weighted by atomic mass is 16.5. The van der Waals surface area contributed by atoms with Gasteiger partial charge >= 0.3 is 0 Å². The molecule has 2 fully saturated rings. The molecule has 0 unspecified atom stereocenters. The summed E-state index contributed by atoms with van der Waals surface area (Å²) in [5.74, 6) is 1.05. The Kier molecular flexibility index (Phi) is 9.14. The van der Waals surface area contributed by atoms with E-state index >= 15 is 0 Å². The summed E-state index contributed by atoms with van der Waals surface area (Å²) < 4.78 is 5.23. The number of ether oxygens (including phenoxy) is 1. The lowest BCUT2D eigenvalue weighted by atomic mass is 9.78. The maximum absolute atomic E-state index is 5.23. The molecule has 0 N–H and O–H groups in total. The largest absolute Gasteiger partial charge is 0.380 e. The molecule has 1 spiro atoms. The van der Waals surface area contributed by atoms with Gasteiger partial charge in [-0.3, -0.25) is 0 Å². The molecule has 4 heteroatoms. The second-order valence-corrected chi connectivity index (χ2v) is 4.37. The standard InChI is InChI=1S/C10H13N3O.3C2H6/c1-8-2-9(12-7-11-8)13-3-10(4-13)5-14-6-10;3*1-2/h2,7H,3-6H2,1H3;3*1-2H3. The highest BCUT2D eigenvalue weighted by Gasteiger charge is 2.49. The van der Waals surface area contributed by atoms with Gasteiger partial charge in [-0.15, -0.1) is 0 Å². The summed E-state index contributed by atoms with van der Waals surface area (Å²) in [5, 5.41) is 0. The van der Waals surface area contributed by atoms with Crippen molar-refractivity contribution in [2.45, 2.75) is 48.5 Å². The molecule has 0 radical (unpaired) electrons. The Morgan fingerprint density at radius 2 is 1.55 bits per heavy atom. The Hall–Kier alpha value is -1.16. The molecule has 3 heterocycles. The zero-order valence-electron chi connectivity index (χ0n) is 14.2. The van der Waals surface area contributed by atoms with Crippen molar-refractivity contribution in [2.24, 2.45) is 5.41 Å². The van der Waals surface area contributed by atoms with Gasteiger partial charge in [-0.2, -0.15) is 0 Å². The Morgan fingerprint density at radius 3 is 1.95 bits per heavy atom.